The maximum Gasteiger partial charge on any atom is 0.274 e. The van der Waals surface area contributed by atoms with E-state index in [1.54, 1.807) is 25.0 Å². The summed E-state index contributed by atoms with van der Waals surface area (Å²) in [5, 5.41) is 42.2. The van der Waals surface area contributed by atoms with Crippen LogP contribution in [0.2, 0.25) is 5.02 Å². The fourth-order valence-corrected chi connectivity index (χ4v) is 6.11. The molecule has 1 amide bonds. The molecule has 2 unspecified atom stereocenters. The molecule has 0 radical (unpaired) electrons. The number of hydrogen-bond acceptors (Lipinski definition) is 7. The molecule has 2 saturated carbocycles. The highest BCUT2D eigenvalue weighted by molar-refractivity contribution is 6.31. The third-order valence-electron chi connectivity index (χ3n) is 7.45. The zero-order valence-electron chi connectivity index (χ0n) is 19.9. The Morgan fingerprint density at radius 1 is 1.28 bits per heavy atom. The first-order valence-corrected chi connectivity index (χ1v) is 12.2. The van der Waals surface area contributed by atoms with Gasteiger partial charge in [0, 0.05) is 25.7 Å². The maximum atomic E-state index is 13.5. The molecule has 3 atom stereocenters. The zero-order valence-corrected chi connectivity index (χ0v) is 20.7. The average Bonchev–Trinajstić information content (AvgIpc) is 3.57. The van der Waals surface area contributed by atoms with Crippen molar-refractivity contribution in [2.45, 2.75) is 43.3 Å². The average molecular weight is 519 g/mol. The number of benzene rings is 1. The maximum absolute atomic E-state index is 13.5. The molecule has 2 aliphatic rings. The van der Waals surface area contributed by atoms with Gasteiger partial charge in [0.05, 0.1) is 23.7 Å². The quantitative estimate of drug-likeness (QED) is 0.393. The van der Waals surface area contributed by atoms with E-state index in [0.717, 1.165) is 12.8 Å². The van der Waals surface area contributed by atoms with Crippen molar-refractivity contribution in [1.82, 2.24) is 24.5 Å². The van der Waals surface area contributed by atoms with Crippen LogP contribution in [-0.4, -0.2) is 52.4 Å². The van der Waals surface area contributed by atoms with Gasteiger partial charge in [0.25, 0.3) is 5.91 Å². The molecule has 5 rings (SSSR count). The molecule has 0 bridgehead atoms. The highest BCUT2D eigenvalue weighted by Gasteiger charge is 2.52. The summed E-state index contributed by atoms with van der Waals surface area (Å²) in [7, 11) is 3.36. The number of aryl methyl sites for hydroxylation is 2. The molecule has 2 aliphatic carbocycles. The lowest BCUT2D eigenvalue weighted by Gasteiger charge is -2.24. The molecule has 4 N–H and O–H groups in total. The Labute approximate surface area is 211 Å². The van der Waals surface area contributed by atoms with E-state index in [-0.39, 0.29) is 34.4 Å². The smallest absolute Gasteiger partial charge is 0.274 e. The van der Waals surface area contributed by atoms with Gasteiger partial charge in [-0.3, -0.25) is 4.79 Å². The zero-order chi connectivity index (χ0) is 25.8. The van der Waals surface area contributed by atoms with Crippen molar-refractivity contribution in [3.63, 3.8) is 0 Å². The number of aliphatic hydroxyl groups is 3. The SMILES string of the molecule is Cn1nc([C@H](O)CO)c(C2(O)CC3CC(c4ncn(C)c4C(=O)Nc4ccc(F)c(Cl)c4)CC3C2)n1. The van der Waals surface area contributed by atoms with Crippen molar-refractivity contribution in [3.8, 4) is 0 Å². The van der Waals surface area contributed by atoms with Gasteiger partial charge in [-0.25, -0.2) is 9.37 Å². The lowest BCUT2D eigenvalue weighted by Crippen LogP contribution is -2.27. The predicted molar refractivity (Wildman–Crippen MR) is 128 cm³/mol. The number of aromatic nitrogens is 5. The second kappa shape index (κ2) is 9.22. The number of halogens is 2. The number of nitrogens with one attached hydrogen (secondary N) is 1. The van der Waals surface area contributed by atoms with Crippen LogP contribution in [0.5, 0.6) is 0 Å². The molecule has 2 heterocycles. The first-order valence-electron chi connectivity index (χ1n) is 11.8. The summed E-state index contributed by atoms with van der Waals surface area (Å²) in [6.45, 7) is -0.509. The molecule has 192 valence electrons. The molecule has 0 saturated heterocycles. The molecule has 0 aliphatic heterocycles. The molecule has 1 aromatic carbocycles. The third kappa shape index (κ3) is 4.30. The van der Waals surface area contributed by atoms with Crippen molar-refractivity contribution >= 4 is 23.2 Å². The van der Waals surface area contributed by atoms with Crippen LogP contribution in [0.25, 0.3) is 0 Å². The van der Waals surface area contributed by atoms with E-state index in [1.165, 1.54) is 23.0 Å². The lowest BCUT2D eigenvalue weighted by molar-refractivity contribution is 0.0230. The second-order valence-corrected chi connectivity index (χ2v) is 10.3. The van der Waals surface area contributed by atoms with Gasteiger partial charge >= 0.3 is 0 Å². The van der Waals surface area contributed by atoms with Gasteiger partial charge in [0.15, 0.2) is 0 Å². The Kier molecular flexibility index (Phi) is 6.36. The molecule has 0 spiro atoms. The first kappa shape index (κ1) is 24.8. The van der Waals surface area contributed by atoms with E-state index in [0.29, 0.717) is 35.6 Å². The van der Waals surface area contributed by atoms with Gasteiger partial charge in [-0.2, -0.15) is 15.0 Å². The third-order valence-corrected chi connectivity index (χ3v) is 7.74. The minimum absolute atomic E-state index is 0.0349. The van der Waals surface area contributed by atoms with Crippen molar-refractivity contribution in [1.29, 1.82) is 0 Å². The van der Waals surface area contributed by atoms with E-state index in [2.05, 4.69) is 20.5 Å². The van der Waals surface area contributed by atoms with E-state index in [1.807, 2.05) is 0 Å². The first-order chi connectivity index (χ1) is 17.1. The largest absolute Gasteiger partial charge is 0.393 e. The molecule has 10 nitrogen and oxygen atoms in total. The summed E-state index contributed by atoms with van der Waals surface area (Å²) in [5.41, 5.74) is 0.774. The minimum Gasteiger partial charge on any atom is -0.393 e. The summed E-state index contributed by atoms with van der Waals surface area (Å²) in [5.74, 6) is -0.534. The monoisotopic (exact) mass is 518 g/mol. The number of amides is 1. The number of imidazole rings is 1. The summed E-state index contributed by atoms with van der Waals surface area (Å²) in [6.07, 6.45) is 2.77. The number of fused-ring (bicyclic) bond motifs is 1. The van der Waals surface area contributed by atoms with Crippen LogP contribution < -0.4 is 5.32 Å². The summed E-state index contributed by atoms with van der Waals surface area (Å²) < 4.78 is 15.2. The number of hydrogen-bond donors (Lipinski definition) is 4. The molecule has 2 fully saturated rings. The minimum atomic E-state index is -1.24. The molecular weight excluding hydrogens is 491 g/mol. The number of rotatable bonds is 6. The topological polar surface area (TPSA) is 138 Å². The Morgan fingerprint density at radius 2 is 1.97 bits per heavy atom. The predicted octanol–water partition coefficient (Wildman–Crippen LogP) is 2.41. The molecular formula is C24H28ClFN6O4. The van der Waals surface area contributed by atoms with Crippen LogP contribution in [0.3, 0.4) is 0 Å². The highest BCUT2D eigenvalue weighted by atomic mass is 35.5. The number of carbonyl (C=O) groups excluding carboxylic acids is 1. The van der Waals surface area contributed by atoms with Gasteiger partial charge in [0.1, 0.15) is 34.6 Å². The molecule has 36 heavy (non-hydrogen) atoms. The van der Waals surface area contributed by atoms with Crippen LogP contribution in [-0.2, 0) is 19.7 Å². The molecule has 2 aromatic heterocycles. The Bertz CT molecular complexity index is 1300. The lowest BCUT2D eigenvalue weighted by atomic mass is 9.88. The second-order valence-electron chi connectivity index (χ2n) is 9.92. The van der Waals surface area contributed by atoms with Gasteiger partial charge in [0.2, 0.25) is 0 Å². The van der Waals surface area contributed by atoms with Crippen LogP contribution >= 0.6 is 11.6 Å². The fraction of sp³-hybridized carbons (Fsp3) is 0.500. The Hall–Kier alpha value is -2.86. The van der Waals surface area contributed by atoms with Crippen LogP contribution in [0, 0.1) is 17.7 Å². The summed E-state index contributed by atoms with van der Waals surface area (Å²) in [6, 6.07) is 4.01. The van der Waals surface area contributed by atoms with Gasteiger partial charge < -0.3 is 25.2 Å². The summed E-state index contributed by atoms with van der Waals surface area (Å²) >= 11 is 5.85. The van der Waals surface area contributed by atoms with Crippen molar-refractivity contribution in [2.75, 3.05) is 11.9 Å². The molecule has 12 heteroatoms. The van der Waals surface area contributed by atoms with Crippen LogP contribution in [0.1, 0.15) is 65.3 Å². The number of aliphatic hydroxyl groups excluding tert-OH is 2. The van der Waals surface area contributed by atoms with Crippen molar-refractivity contribution in [3.05, 3.63) is 58.1 Å². The highest BCUT2D eigenvalue weighted by Crippen LogP contribution is 2.57. The van der Waals surface area contributed by atoms with E-state index >= 15 is 0 Å². The van der Waals surface area contributed by atoms with Gasteiger partial charge in [-0.15, -0.1) is 0 Å². The van der Waals surface area contributed by atoms with Gasteiger partial charge in [-0.05, 0) is 55.7 Å². The van der Waals surface area contributed by atoms with E-state index in [4.69, 9.17) is 11.6 Å². The fourth-order valence-electron chi connectivity index (χ4n) is 5.93. The van der Waals surface area contributed by atoms with Crippen molar-refractivity contribution in [2.24, 2.45) is 25.9 Å². The van der Waals surface area contributed by atoms with Gasteiger partial charge in [-0.1, -0.05) is 11.6 Å². The van der Waals surface area contributed by atoms with Crippen LogP contribution in [0.15, 0.2) is 24.5 Å². The number of carbonyl (C=O) groups is 1. The van der Waals surface area contributed by atoms with E-state index < -0.39 is 24.1 Å². The Balaban J connectivity index is 1.33. The van der Waals surface area contributed by atoms with E-state index in [9.17, 15) is 24.5 Å². The molecule has 3 aromatic rings. The van der Waals surface area contributed by atoms with Crippen LogP contribution in [0.4, 0.5) is 10.1 Å². The Morgan fingerprint density at radius 3 is 2.61 bits per heavy atom. The van der Waals surface area contributed by atoms with Crippen molar-refractivity contribution < 1.29 is 24.5 Å². The number of nitrogens with zero attached hydrogens (tertiary/aromatic N) is 5. The standard InChI is InChI=1S/C24H28ClFN6O4/c1-31-11-27-19(21(31)23(35)28-15-3-4-17(26)16(25)7-15)12-5-13-8-24(36,9-14(13)6-12)22-20(18(34)10-33)29-32(2)30-22/h3-4,7,11-14,18,33-34,36H,5-6,8-10H2,1-2H3,(H,28,35)/t12?,13?,14?,18-,24?/m1/s1. The normalized spacial score (nSPS) is 26.2. The summed E-state index contributed by atoms with van der Waals surface area (Å²) in [4.78, 5) is 19.0. The number of anilines is 1.